The maximum Gasteiger partial charge on any atom is 0.254 e. The van der Waals surface area contributed by atoms with E-state index >= 15 is 0 Å². The van der Waals surface area contributed by atoms with E-state index in [9.17, 15) is 0 Å². The Morgan fingerprint density at radius 3 is 1.17 bits per heavy atom. The minimum absolute atomic E-state index is 0.451. The van der Waals surface area contributed by atoms with E-state index in [0.29, 0.717) is 11.8 Å². The van der Waals surface area contributed by atoms with E-state index < -0.39 is 22.1 Å². The lowest BCUT2D eigenvalue weighted by Crippen LogP contribution is -2.42. The fraction of sp³-hybridized carbons (Fsp3) is 0.226. The molecule has 0 saturated heterocycles. The molecule has 0 radical (unpaired) electrons. The van der Waals surface area contributed by atoms with E-state index in [1.165, 1.54) is 40.5 Å². The maximum absolute atomic E-state index is 7.38. The summed E-state index contributed by atoms with van der Waals surface area (Å²) in [5.41, 5.74) is 0. The average Bonchev–Trinajstić information content (AvgIpc) is 3.54. The molecular formula is C31H32O2P2+2. The van der Waals surface area contributed by atoms with Crippen LogP contribution in [0.5, 0.6) is 0 Å². The van der Waals surface area contributed by atoms with Crippen LogP contribution >= 0.6 is 16.3 Å². The second-order valence-corrected chi connectivity index (χ2v) is 13.8. The second kappa shape index (κ2) is 10.3. The van der Waals surface area contributed by atoms with Gasteiger partial charge in [-0.25, -0.2) is 0 Å². The van der Waals surface area contributed by atoms with Crippen molar-refractivity contribution >= 4 is 37.5 Å². The second-order valence-electron chi connectivity index (χ2n) is 9.72. The van der Waals surface area contributed by atoms with Crippen LogP contribution in [-0.2, 0) is 9.05 Å². The van der Waals surface area contributed by atoms with Gasteiger partial charge in [-0.15, -0.1) is 0 Å². The van der Waals surface area contributed by atoms with E-state index in [0.717, 1.165) is 6.42 Å². The lowest BCUT2D eigenvalue weighted by Gasteiger charge is -2.35. The van der Waals surface area contributed by atoms with Crippen molar-refractivity contribution in [2.24, 2.45) is 11.8 Å². The molecule has 2 saturated carbocycles. The third-order valence-corrected chi connectivity index (χ3v) is 12.0. The molecule has 0 aliphatic heterocycles. The Labute approximate surface area is 211 Å². The van der Waals surface area contributed by atoms with Gasteiger partial charge in [0.15, 0.2) is 0 Å². The summed E-state index contributed by atoms with van der Waals surface area (Å²) < 4.78 is 14.8. The summed E-state index contributed by atoms with van der Waals surface area (Å²) in [5, 5.41) is 5.12. The number of rotatable bonds is 8. The van der Waals surface area contributed by atoms with Gasteiger partial charge in [0.25, 0.3) is 5.79 Å². The molecule has 0 heterocycles. The van der Waals surface area contributed by atoms with Gasteiger partial charge in [0.05, 0.1) is 0 Å². The Morgan fingerprint density at radius 2 is 0.886 bits per heavy atom. The fourth-order valence-corrected chi connectivity index (χ4v) is 10.2. The normalized spacial score (nSPS) is 20.5. The van der Waals surface area contributed by atoms with Gasteiger partial charge in [-0.3, -0.25) is 0 Å². The van der Waals surface area contributed by atoms with Crippen LogP contribution < -0.4 is 21.2 Å². The van der Waals surface area contributed by atoms with Gasteiger partial charge in [-0.1, -0.05) is 72.8 Å². The van der Waals surface area contributed by atoms with E-state index in [1.54, 1.807) is 0 Å². The number of hydrogen-bond donors (Lipinski definition) is 0. The molecule has 2 nitrogen and oxygen atoms in total. The van der Waals surface area contributed by atoms with Gasteiger partial charge in [-0.05, 0) is 73.7 Å². The molecule has 176 valence electrons. The first-order valence-corrected chi connectivity index (χ1v) is 15.5. The molecule has 0 spiro atoms. The van der Waals surface area contributed by atoms with Crippen molar-refractivity contribution < 1.29 is 9.05 Å². The standard InChI is InChI=1S/C31H30O2P2/c1-5-13-27(14-6-1)34(28-15-7-2-8-16-28)32-31(24-25-21-22-26(31)23-25)33-35(29-17-9-3-10-18-29)30-19-11-4-12-20-30/h1-20,25-26H,21-24H2/p+2. The molecule has 2 aliphatic carbocycles. The van der Waals surface area contributed by atoms with Crippen LogP contribution in [0, 0.1) is 11.8 Å². The van der Waals surface area contributed by atoms with Crippen molar-refractivity contribution in [3.63, 3.8) is 0 Å². The smallest absolute Gasteiger partial charge is 0.191 e. The molecule has 2 unspecified atom stereocenters. The van der Waals surface area contributed by atoms with E-state index in [2.05, 4.69) is 121 Å². The first-order valence-electron chi connectivity index (χ1n) is 12.6. The van der Waals surface area contributed by atoms with Crippen LogP contribution in [0.3, 0.4) is 0 Å². The van der Waals surface area contributed by atoms with Gasteiger partial charge in [-0.2, -0.15) is 9.05 Å². The third kappa shape index (κ3) is 4.87. The molecule has 2 bridgehead atoms. The van der Waals surface area contributed by atoms with Crippen LogP contribution in [0.15, 0.2) is 121 Å². The molecule has 2 fully saturated rings. The Bertz CT molecular complexity index is 1050. The molecule has 2 atom stereocenters. The highest BCUT2D eigenvalue weighted by Gasteiger charge is 2.60. The summed E-state index contributed by atoms with van der Waals surface area (Å²) in [7, 11) is -2.96. The SMILES string of the molecule is c1ccc([PH+](OC2(O[PH+](c3ccccc3)c3ccccc3)CC3CCC2C3)c2ccccc2)cc1. The molecule has 2 aliphatic rings. The largest absolute Gasteiger partial charge is 0.254 e. The lowest BCUT2D eigenvalue weighted by atomic mass is 9.94. The highest BCUT2D eigenvalue weighted by atomic mass is 31.1. The molecule has 0 aromatic heterocycles. The predicted octanol–water partition coefficient (Wildman–Crippen LogP) is 6.10. The molecule has 4 aromatic rings. The maximum atomic E-state index is 7.38. The molecule has 4 aromatic carbocycles. The zero-order valence-corrected chi connectivity index (χ0v) is 21.8. The first-order chi connectivity index (χ1) is 17.3. The Balaban J connectivity index is 1.42. The van der Waals surface area contributed by atoms with Crippen LogP contribution in [-0.4, -0.2) is 5.79 Å². The van der Waals surface area contributed by atoms with Crippen molar-refractivity contribution in [1.82, 2.24) is 0 Å². The highest BCUT2D eigenvalue weighted by molar-refractivity contribution is 7.69. The average molecular weight is 499 g/mol. The molecule has 0 amide bonds. The Morgan fingerprint density at radius 1 is 0.514 bits per heavy atom. The Hall–Kier alpha value is -2.34. The molecular weight excluding hydrogens is 466 g/mol. The number of fused-ring (bicyclic) bond motifs is 2. The van der Waals surface area contributed by atoms with Crippen molar-refractivity contribution in [2.75, 3.05) is 0 Å². The van der Waals surface area contributed by atoms with Gasteiger partial charge in [0.1, 0.15) is 21.2 Å². The van der Waals surface area contributed by atoms with Crippen molar-refractivity contribution in [2.45, 2.75) is 31.5 Å². The van der Waals surface area contributed by atoms with E-state index in [4.69, 9.17) is 9.05 Å². The number of hydrogen-bond acceptors (Lipinski definition) is 2. The monoisotopic (exact) mass is 498 g/mol. The van der Waals surface area contributed by atoms with Gasteiger partial charge in [0.2, 0.25) is 16.3 Å². The summed E-state index contributed by atoms with van der Waals surface area (Å²) in [6.07, 6.45) is 4.72. The number of benzene rings is 4. The van der Waals surface area contributed by atoms with Crippen molar-refractivity contribution in [3.05, 3.63) is 121 Å². The summed E-state index contributed by atoms with van der Waals surface area (Å²) >= 11 is 0. The molecule has 35 heavy (non-hydrogen) atoms. The first kappa shape index (κ1) is 23.1. The molecule has 0 N–H and O–H groups in total. The highest BCUT2D eigenvalue weighted by Crippen LogP contribution is 2.61. The predicted molar refractivity (Wildman–Crippen MR) is 151 cm³/mol. The van der Waals surface area contributed by atoms with Gasteiger partial charge in [0, 0.05) is 12.3 Å². The summed E-state index contributed by atoms with van der Waals surface area (Å²) in [5.74, 6) is 0.611. The lowest BCUT2D eigenvalue weighted by molar-refractivity contribution is -0.136. The van der Waals surface area contributed by atoms with Crippen LogP contribution in [0.25, 0.3) is 0 Å². The third-order valence-electron chi connectivity index (χ3n) is 7.43. The zero-order chi connectivity index (χ0) is 23.5. The van der Waals surface area contributed by atoms with Crippen LogP contribution in [0.2, 0.25) is 0 Å². The zero-order valence-electron chi connectivity index (χ0n) is 19.8. The molecule has 6 rings (SSSR count). The van der Waals surface area contributed by atoms with Gasteiger partial charge < -0.3 is 0 Å². The van der Waals surface area contributed by atoms with Crippen molar-refractivity contribution in [3.8, 4) is 0 Å². The quantitative estimate of drug-likeness (QED) is 0.216. The summed E-state index contributed by atoms with van der Waals surface area (Å²) in [6, 6.07) is 43.2. The van der Waals surface area contributed by atoms with Gasteiger partial charge >= 0.3 is 0 Å². The minimum Gasteiger partial charge on any atom is -0.191 e. The molecule has 4 heteroatoms. The summed E-state index contributed by atoms with van der Waals surface area (Å²) in [4.78, 5) is 0. The summed E-state index contributed by atoms with van der Waals surface area (Å²) in [6.45, 7) is 0. The van der Waals surface area contributed by atoms with E-state index in [1.807, 2.05) is 0 Å². The Kier molecular flexibility index (Phi) is 6.82. The minimum atomic E-state index is -1.48. The van der Waals surface area contributed by atoms with E-state index in [-0.39, 0.29) is 0 Å². The van der Waals surface area contributed by atoms with Crippen LogP contribution in [0.1, 0.15) is 25.7 Å². The topological polar surface area (TPSA) is 18.5 Å². The van der Waals surface area contributed by atoms with Crippen molar-refractivity contribution in [1.29, 1.82) is 0 Å². The van der Waals surface area contributed by atoms with Crippen LogP contribution in [0.4, 0.5) is 0 Å². The fourth-order valence-electron chi connectivity index (χ4n) is 5.77.